The molecule has 1 amide bonds. The van der Waals surface area contributed by atoms with E-state index in [-0.39, 0.29) is 24.6 Å². The van der Waals surface area contributed by atoms with E-state index in [1.165, 1.54) is 12.7 Å². The minimum atomic E-state index is -0.238. The summed E-state index contributed by atoms with van der Waals surface area (Å²) in [6, 6.07) is 3.65. The lowest BCUT2D eigenvalue weighted by Gasteiger charge is -2.32. The Bertz CT molecular complexity index is 629. The largest absolute Gasteiger partial charge is 0.484 e. The molecule has 0 aliphatic carbocycles. The number of pyridine rings is 1. The van der Waals surface area contributed by atoms with Gasteiger partial charge in [-0.15, -0.1) is 10.2 Å². The third kappa shape index (κ3) is 4.26. The predicted octanol–water partition coefficient (Wildman–Crippen LogP) is 0.334. The molecule has 2 atom stereocenters. The third-order valence-corrected chi connectivity index (χ3v) is 3.61. The summed E-state index contributed by atoms with van der Waals surface area (Å²) in [4.78, 5) is 16.3. The summed E-state index contributed by atoms with van der Waals surface area (Å²) in [5.41, 5.74) is 0.927. The van der Waals surface area contributed by atoms with Crippen molar-refractivity contribution in [3.05, 3.63) is 36.7 Å². The van der Waals surface area contributed by atoms with Gasteiger partial charge in [0, 0.05) is 12.3 Å². The number of nitrogens with one attached hydrogen (secondary N) is 1. The van der Waals surface area contributed by atoms with Crippen molar-refractivity contribution in [1.82, 2.24) is 25.1 Å². The first-order valence-electron chi connectivity index (χ1n) is 7.49. The molecule has 0 aromatic carbocycles. The maximum absolute atomic E-state index is 12.1. The molecule has 1 aliphatic rings. The molecule has 8 nitrogen and oxygen atoms in total. The Balaban J connectivity index is 1.59. The van der Waals surface area contributed by atoms with Crippen LogP contribution in [-0.2, 0) is 16.1 Å². The first kappa shape index (κ1) is 15.4. The SMILES string of the molecule is Cc1ccc(O[C@H]2COCC[C@H]2NC(=O)Cn2cnnc2)cn1. The van der Waals surface area contributed by atoms with Crippen LogP contribution < -0.4 is 10.1 Å². The third-order valence-electron chi connectivity index (χ3n) is 3.61. The number of amides is 1. The molecular weight excluding hydrogens is 298 g/mol. The van der Waals surface area contributed by atoms with E-state index in [0.717, 1.165) is 5.69 Å². The standard InChI is InChI=1S/C15H19N5O3/c1-11-2-3-12(6-16-11)23-14-8-22-5-4-13(14)19-15(21)7-20-9-17-18-10-20/h2-3,6,9-10,13-14H,4-5,7-8H2,1H3,(H,19,21)/t13-,14+/m1/s1. The fourth-order valence-electron chi connectivity index (χ4n) is 2.41. The van der Waals surface area contributed by atoms with E-state index < -0.39 is 0 Å². The summed E-state index contributed by atoms with van der Waals surface area (Å²) < 4.78 is 13.0. The van der Waals surface area contributed by atoms with Crippen LogP contribution in [0.3, 0.4) is 0 Å². The number of ether oxygens (including phenoxy) is 2. The first-order valence-corrected chi connectivity index (χ1v) is 7.49. The zero-order chi connectivity index (χ0) is 16.1. The molecule has 1 saturated heterocycles. The van der Waals surface area contributed by atoms with Gasteiger partial charge in [-0.25, -0.2) is 0 Å². The average Bonchev–Trinajstić information content (AvgIpc) is 3.04. The van der Waals surface area contributed by atoms with Crippen molar-refractivity contribution in [2.24, 2.45) is 0 Å². The van der Waals surface area contributed by atoms with Crippen LogP contribution in [0.15, 0.2) is 31.0 Å². The summed E-state index contributed by atoms with van der Waals surface area (Å²) in [7, 11) is 0. The van der Waals surface area contributed by atoms with Gasteiger partial charge in [-0.05, 0) is 25.5 Å². The molecule has 0 unspecified atom stereocenters. The summed E-state index contributed by atoms with van der Waals surface area (Å²) >= 11 is 0. The van der Waals surface area contributed by atoms with Crippen LogP contribution in [0, 0.1) is 6.92 Å². The molecule has 0 saturated carbocycles. The van der Waals surface area contributed by atoms with E-state index in [1.807, 2.05) is 19.1 Å². The molecule has 2 aromatic rings. The molecule has 1 fully saturated rings. The average molecular weight is 317 g/mol. The molecule has 3 heterocycles. The second-order valence-electron chi connectivity index (χ2n) is 5.46. The van der Waals surface area contributed by atoms with Gasteiger partial charge in [0.05, 0.1) is 18.8 Å². The highest BCUT2D eigenvalue weighted by Crippen LogP contribution is 2.17. The van der Waals surface area contributed by atoms with E-state index in [4.69, 9.17) is 9.47 Å². The second-order valence-corrected chi connectivity index (χ2v) is 5.46. The van der Waals surface area contributed by atoms with Crippen molar-refractivity contribution < 1.29 is 14.3 Å². The van der Waals surface area contributed by atoms with Gasteiger partial charge in [0.1, 0.15) is 31.1 Å². The monoisotopic (exact) mass is 317 g/mol. The van der Waals surface area contributed by atoms with Crippen molar-refractivity contribution >= 4 is 5.91 Å². The van der Waals surface area contributed by atoms with Gasteiger partial charge in [0.2, 0.25) is 5.91 Å². The second kappa shape index (κ2) is 7.19. The normalized spacial score (nSPS) is 20.9. The van der Waals surface area contributed by atoms with E-state index >= 15 is 0 Å². The fraction of sp³-hybridized carbons (Fsp3) is 0.467. The molecule has 1 aliphatic heterocycles. The molecule has 0 radical (unpaired) electrons. The Kier molecular flexibility index (Phi) is 4.82. The van der Waals surface area contributed by atoms with Crippen molar-refractivity contribution in [3.63, 3.8) is 0 Å². The number of aryl methyl sites for hydroxylation is 1. The summed E-state index contributed by atoms with van der Waals surface area (Å²) in [5, 5.41) is 10.4. The minimum Gasteiger partial charge on any atom is -0.484 e. The molecule has 1 N–H and O–H groups in total. The van der Waals surface area contributed by atoms with Crippen LogP contribution in [0.1, 0.15) is 12.1 Å². The highest BCUT2D eigenvalue weighted by atomic mass is 16.5. The van der Waals surface area contributed by atoms with Gasteiger partial charge in [-0.2, -0.15) is 0 Å². The Labute approximate surface area is 133 Å². The summed E-state index contributed by atoms with van der Waals surface area (Å²) in [6.07, 6.45) is 5.17. The van der Waals surface area contributed by atoms with Crippen molar-refractivity contribution in [3.8, 4) is 5.75 Å². The van der Waals surface area contributed by atoms with Crippen molar-refractivity contribution in [2.45, 2.75) is 32.0 Å². The maximum atomic E-state index is 12.1. The topological polar surface area (TPSA) is 91.2 Å². The number of aromatic nitrogens is 4. The highest BCUT2D eigenvalue weighted by Gasteiger charge is 2.29. The molecule has 122 valence electrons. The summed E-state index contributed by atoms with van der Waals surface area (Å²) in [5.74, 6) is 0.566. The smallest absolute Gasteiger partial charge is 0.240 e. The van der Waals surface area contributed by atoms with Crippen LogP contribution >= 0.6 is 0 Å². The zero-order valence-electron chi connectivity index (χ0n) is 12.9. The van der Waals surface area contributed by atoms with Gasteiger partial charge in [-0.1, -0.05) is 0 Å². The fourth-order valence-corrected chi connectivity index (χ4v) is 2.41. The summed E-state index contributed by atoms with van der Waals surface area (Å²) in [6.45, 7) is 3.14. The number of rotatable bonds is 5. The number of carbonyl (C=O) groups is 1. The first-order chi connectivity index (χ1) is 11.2. The molecule has 0 spiro atoms. The van der Waals surface area contributed by atoms with Gasteiger partial charge in [0.25, 0.3) is 0 Å². The zero-order valence-corrected chi connectivity index (χ0v) is 12.9. The number of nitrogens with zero attached hydrogens (tertiary/aromatic N) is 4. The molecule has 2 aromatic heterocycles. The number of hydrogen-bond acceptors (Lipinski definition) is 6. The number of hydrogen-bond donors (Lipinski definition) is 1. The van der Waals surface area contributed by atoms with Crippen molar-refractivity contribution in [1.29, 1.82) is 0 Å². The van der Waals surface area contributed by atoms with E-state index in [1.54, 1.807) is 10.8 Å². The Morgan fingerprint density at radius 1 is 1.43 bits per heavy atom. The van der Waals surface area contributed by atoms with Crippen LogP contribution in [-0.4, -0.2) is 51.0 Å². The van der Waals surface area contributed by atoms with E-state index in [0.29, 0.717) is 25.4 Å². The maximum Gasteiger partial charge on any atom is 0.240 e. The molecule has 0 bridgehead atoms. The van der Waals surface area contributed by atoms with E-state index in [2.05, 4.69) is 20.5 Å². The Morgan fingerprint density at radius 3 is 3.00 bits per heavy atom. The van der Waals surface area contributed by atoms with Crippen LogP contribution in [0.4, 0.5) is 0 Å². The van der Waals surface area contributed by atoms with Gasteiger partial charge < -0.3 is 19.4 Å². The molecule has 3 rings (SSSR count). The minimum absolute atomic E-state index is 0.103. The lowest BCUT2D eigenvalue weighted by Crippen LogP contribution is -2.52. The molecule has 8 heteroatoms. The van der Waals surface area contributed by atoms with Crippen LogP contribution in [0.2, 0.25) is 0 Å². The van der Waals surface area contributed by atoms with Crippen molar-refractivity contribution in [2.75, 3.05) is 13.2 Å². The predicted molar refractivity (Wildman–Crippen MR) is 80.8 cm³/mol. The lowest BCUT2D eigenvalue weighted by atomic mass is 10.1. The quantitative estimate of drug-likeness (QED) is 0.855. The highest BCUT2D eigenvalue weighted by molar-refractivity contribution is 5.76. The van der Waals surface area contributed by atoms with Crippen LogP contribution in [0.25, 0.3) is 0 Å². The van der Waals surface area contributed by atoms with Crippen LogP contribution in [0.5, 0.6) is 5.75 Å². The van der Waals surface area contributed by atoms with E-state index in [9.17, 15) is 4.79 Å². The van der Waals surface area contributed by atoms with Gasteiger partial charge in [0.15, 0.2) is 0 Å². The Hall–Kier alpha value is -2.48. The Morgan fingerprint density at radius 2 is 2.26 bits per heavy atom. The molecule has 23 heavy (non-hydrogen) atoms. The molecular formula is C15H19N5O3. The number of carbonyl (C=O) groups excluding carboxylic acids is 1. The van der Waals surface area contributed by atoms with Gasteiger partial charge >= 0.3 is 0 Å². The lowest BCUT2D eigenvalue weighted by molar-refractivity contribution is -0.124. The van der Waals surface area contributed by atoms with Gasteiger partial charge in [-0.3, -0.25) is 9.78 Å².